The van der Waals surface area contributed by atoms with Crippen LogP contribution in [0.15, 0.2) is 18.2 Å². The van der Waals surface area contributed by atoms with E-state index in [1.807, 2.05) is 0 Å². The molecular formula is C16H24N2O. The second kappa shape index (κ2) is 5.04. The number of aryl methyl sites for hydroxylation is 1. The largest absolute Gasteiger partial charge is 0.495 e. The molecule has 2 heterocycles. The number of hydrogen-bond acceptors (Lipinski definition) is 3. The molecule has 0 aromatic heterocycles. The van der Waals surface area contributed by atoms with Crippen LogP contribution in [0.2, 0.25) is 0 Å². The fraction of sp³-hybridized carbons (Fsp3) is 0.625. The van der Waals surface area contributed by atoms with Crippen molar-refractivity contribution in [1.82, 2.24) is 4.90 Å². The van der Waals surface area contributed by atoms with Crippen LogP contribution >= 0.6 is 0 Å². The van der Waals surface area contributed by atoms with Gasteiger partial charge in [0.25, 0.3) is 0 Å². The maximum absolute atomic E-state index is 5.46. The van der Waals surface area contributed by atoms with Crippen LogP contribution in [0.4, 0.5) is 5.69 Å². The molecule has 104 valence electrons. The molecule has 2 fully saturated rings. The van der Waals surface area contributed by atoms with Crippen molar-refractivity contribution in [2.45, 2.75) is 50.7 Å². The summed E-state index contributed by atoms with van der Waals surface area (Å²) < 4.78 is 5.46. The Morgan fingerprint density at radius 1 is 1.21 bits per heavy atom. The van der Waals surface area contributed by atoms with Crippen LogP contribution < -0.4 is 10.1 Å². The molecule has 1 N–H and O–H groups in total. The molecule has 0 spiro atoms. The lowest BCUT2D eigenvalue weighted by molar-refractivity contribution is 0.169. The lowest BCUT2D eigenvalue weighted by Crippen LogP contribution is -2.44. The van der Waals surface area contributed by atoms with E-state index in [9.17, 15) is 0 Å². The van der Waals surface area contributed by atoms with E-state index in [4.69, 9.17) is 4.74 Å². The van der Waals surface area contributed by atoms with Crippen molar-refractivity contribution in [3.8, 4) is 5.75 Å². The van der Waals surface area contributed by atoms with Gasteiger partial charge in [-0.3, -0.25) is 0 Å². The summed E-state index contributed by atoms with van der Waals surface area (Å²) in [5.41, 5.74) is 2.43. The first kappa shape index (κ1) is 12.8. The van der Waals surface area contributed by atoms with Gasteiger partial charge in [0.15, 0.2) is 0 Å². The van der Waals surface area contributed by atoms with Crippen LogP contribution in [-0.4, -0.2) is 37.2 Å². The van der Waals surface area contributed by atoms with Crippen molar-refractivity contribution in [2.75, 3.05) is 19.5 Å². The molecule has 0 aliphatic carbocycles. The predicted molar refractivity (Wildman–Crippen MR) is 78.9 cm³/mol. The minimum Gasteiger partial charge on any atom is -0.495 e. The van der Waals surface area contributed by atoms with Crippen LogP contribution in [0.3, 0.4) is 0 Å². The Labute approximate surface area is 115 Å². The van der Waals surface area contributed by atoms with E-state index in [0.717, 1.165) is 23.5 Å². The number of methoxy groups -OCH3 is 1. The van der Waals surface area contributed by atoms with Crippen molar-refractivity contribution in [2.24, 2.45) is 0 Å². The molecule has 3 nitrogen and oxygen atoms in total. The van der Waals surface area contributed by atoms with E-state index in [1.165, 1.54) is 31.2 Å². The van der Waals surface area contributed by atoms with Crippen molar-refractivity contribution >= 4 is 5.69 Å². The lowest BCUT2D eigenvalue weighted by Gasteiger charge is -2.37. The van der Waals surface area contributed by atoms with Gasteiger partial charge in [-0.15, -0.1) is 0 Å². The molecule has 1 aromatic rings. The SMILES string of the molecule is COc1ccc(C)cc1NC1CC2CCC(C1)N2C. The fourth-order valence-electron chi connectivity index (χ4n) is 3.68. The van der Waals surface area contributed by atoms with Gasteiger partial charge in [-0.2, -0.15) is 0 Å². The van der Waals surface area contributed by atoms with Gasteiger partial charge >= 0.3 is 0 Å². The minimum absolute atomic E-state index is 0.587. The van der Waals surface area contributed by atoms with Crippen LogP contribution in [0, 0.1) is 6.92 Å². The summed E-state index contributed by atoms with van der Waals surface area (Å²) in [4.78, 5) is 2.58. The minimum atomic E-state index is 0.587. The molecule has 2 aliphatic rings. The van der Waals surface area contributed by atoms with E-state index < -0.39 is 0 Å². The third-order valence-electron chi connectivity index (χ3n) is 4.81. The summed E-state index contributed by atoms with van der Waals surface area (Å²) in [6, 6.07) is 8.48. The highest BCUT2D eigenvalue weighted by atomic mass is 16.5. The molecule has 3 heteroatoms. The van der Waals surface area contributed by atoms with Gasteiger partial charge in [0.05, 0.1) is 12.8 Å². The van der Waals surface area contributed by atoms with Gasteiger partial charge in [-0.25, -0.2) is 0 Å². The first-order valence-electron chi connectivity index (χ1n) is 7.30. The smallest absolute Gasteiger partial charge is 0.141 e. The van der Waals surface area contributed by atoms with Crippen molar-refractivity contribution < 1.29 is 4.74 Å². The molecule has 1 aromatic carbocycles. The third-order valence-corrected chi connectivity index (χ3v) is 4.81. The van der Waals surface area contributed by atoms with Crippen LogP contribution in [-0.2, 0) is 0 Å². The molecule has 0 amide bonds. The molecule has 19 heavy (non-hydrogen) atoms. The molecule has 2 bridgehead atoms. The summed E-state index contributed by atoms with van der Waals surface area (Å²) in [5.74, 6) is 0.955. The molecule has 2 atom stereocenters. The van der Waals surface area contributed by atoms with E-state index in [1.54, 1.807) is 7.11 Å². The van der Waals surface area contributed by atoms with Crippen LogP contribution in [0.1, 0.15) is 31.2 Å². The van der Waals surface area contributed by atoms with E-state index in [0.29, 0.717) is 6.04 Å². The summed E-state index contributed by atoms with van der Waals surface area (Å²) in [6.45, 7) is 2.13. The zero-order valence-electron chi connectivity index (χ0n) is 12.1. The Balaban J connectivity index is 1.74. The average molecular weight is 260 g/mol. The number of piperidine rings is 1. The maximum Gasteiger partial charge on any atom is 0.141 e. The molecule has 2 aliphatic heterocycles. The standard InChI is InChI=1S/C16H24N2O/c1-11-4-7-16(19-3)15(8-11)17-12-9-13-5-6-14(10-12)18(13)2/h4,7-8,12-14,17H,5-6,9-10H2,1-3H3. The van der Waals surface area contributed by atoms with Gasteiger partial charge in [-0.05, 0) is 57.4 Å². The number of anilines is 1. The van der Waals surface area contributed by atoms with Crippen molar-refractivity contribution in [3.05, 3.63) is 23.8 Å². The lowest BCUT2D eigenvalue weighted by atomic mass is 9.97. The Morgan fingerprint density at radius 3 is 2.53 bits per heavy atom. The van der Waals surface area contributed by atoms with Crippen molar-refractivity contribution in [3.63, 3.8) is 0 Å². The second-order valence-electron chi connectivity index (χ2n) is 6.07. The van der Waals surface area contributed by atoms with E-state index >= 15 is 0 Å². The summed E-state index contributed by atoms with van der Waals surface area (Å²) >= 11 is 0. The highest BCUT2D eigenvalue weighted by Gasteiger charge is 2.38. The third kappa shape index (κ3) is 2.44. The van der Waals surface area contributed by atoms with Gasteiger partial charge in [0.2, 0.25) is 0 Å². The summed E-state index contributed by atoms with van der Waals surface area (Å²) in [6.07, 6.45) is 5.24. The zero-order valence-corrected chi connectivity index (χ0v) is 12.1. The second-order valence-corrected chi connectivity index (χ2v) is 6.07. The van der Waals surface area contributed by atoms with Crippen LogP contribution in [0.5, 0.6) is 5.75 Å². The predicted octanol–water partition coefficient (Wildman–Crippen LogP) is 3.04. The number of benzene rings is 1. The average Bonchev–Trinajstić information content (AvgIpc) is 2.63. The zero-order chi connectivity index (χ0) is 13.4. The number of ether oxygens (including phenoxy) is 1. The number of nitrogens with one attached hydrogen (secondary N) is 1. The first-order chi connectivity index (χ1) is 9.17. The van der Waals surface area contributed by atoms with Gasteiger partial charge in [-0.1, -0.05) is 6.07 Å². The summed E-state index contributed by atoms with van der Waals surface area (Å²) in [7, 11) is 4.03. The Bertz CT molecular complexity index is 446. The highest BCUT2D eigenvalue weighted by molar-refractivity contribution is 5.58. The number of nitrogens with zero attached hydrogens (tertiary/aromatic N) is 1. The fourth-order valence-corrected chi connectivity index (χ4v) is 3.68. The number of rotatable bonds is 3. The first-order valence-corrected chi connectivity index (χ1v) is 7.30. The molecule has 0 radical (unpaired) electrons. The molecule has 2 unspecified atom stereocenters. The van der Waals surface area contributed by atoms with Gasteiger partial charge < -0.3 is 15.0 Å². The highest BCUT2D eigenvalue weighted by Crippen LogP contribution is 2.36. The van der Waals surface area contributed by atoms with Gasteiger partial charge in [0.1, 0.15) is 5.75 Å². The summed E-state index contributed by atoms with van der Waals surface area (Å²) in [5, 5.41) is 3.71. The van der Waals surface area contributed by atoms with Crippen LogP contribution in [0.25, 0.3) is 0 Å². The Kier molecular flexibility index (Phi) is 3.40. The molecule has 2 saturated heterocycles. The Hall–Kier alpha value is -1.22. The molecular weight excluding hydrogens is 236 g/mol. The number of fused-ring (bicyclic) bond motifs is 2. The number of hydrogen-bond donors (Lipinski definition) is 1. The Morgan fingerprint density at radius 2 is 1.89 bits per heavy atom. The van der Waals surface area contributed by atoms with E-state index in [2.05, 4.69) is 42.4 Å². The quantitative estimate of drug-likeness (QED) is 0.904. The van der Waals surface area contributed by atoms with Crippen molar-refractivity contribution in [1.29, 1.82) is 0 Å². The van der Waals surface area contributed by atoms with Gasteiger partial charge in [0, 0.05) is 18.1 Å². The normalized spacial score (nSPS) is 30.4. The maximum atomic E-state index is 5.46. The monoisotopic (exact) mass is 260 g/mol. The topological polar surface area (TPSA) is 24.5 Å². The van der Waals surface area contributed by atoms with E-state index in [-0.39, 0.29) is 0 Å². The molecule has 0 saturated carbocycles. The molecule has 3 rings (SSSR count).